The molecule has 0 aromatic carbocycles. The summed E-state index contributed by atoms with van der Waals surface area (Å²) in [7, 11) is 0. The highest BCUT2D eigenvalue weighted by atomic mass is 15.2. The minimum Gasteiger partial charge on any atom is -0.324 e. The van der Waals surface area contributed by atoms with Gasteiger partial charge < -0.3 is 5.73 Å². The Labute approximate surface area is 133 Å². The number of hydrogen-bond donors (Lipinski definition) is 1. The van der Waals surface area contributed by atoms with E-state index in [0.29, 0.717) is 0 Å². The molecular formula is C19H40N2. The van der Waals surface area contributed by atoms with E-state index in [1.54, 1.807) is 0 Å². The van der Waals surface area contributed by atoms with Gasteiger partial charge in [0, 0.05) is 24.7 Å². The average Bonchev–Trinajstić information content (AvgIpc) is 2.81. The molecule has 0 aromatic heterocycles. The maximum atomic E-state index is 6.34. The van der Waals surface area contributed by atoms with Gasteiger partial charge >= 0.3 is 0 Å². The number of rotatable bonds is 12. The van der Waals surface area contributed by atoms with Crippen molar-refractivity contribution in [3.8, 4) is 0 Å². The number of nitrogens with two attached hydrogens (primary N) is 1. The van der Waals surface area contributed by atoms with Crippen molar-refractivity contribution in [2.45, 2.75) is 109 Å². The molecule has 2 unspecified atom stereocenters. The quantitative estimate of drug-likeness (QED) is 0.507. The molecule has 21 heavy (non-hydrogen) atoms. The Bertz CT molecular complexity index is 250. The second kappa shape index (κ2) is 10.6. The fourth-order valence-electron chi connectivity index (χ4n) is 3.63. The van der Waals surface area contributed by atoms with E-state index in [1.807, 2.05) is 0 Å². The molecule has 1 heterocycles. The lowest BCUT2D eigenvalue weighted by atomic mass is 9.99. The van der Waals surface area contributed by atoms with Crippen LogP contribution in [0.15, 0.2) is 0 Å². The first-order valence-electron chi connectivity index (χ1n) is 9.62. The topological polar surface area (TPSA) is 29.3 Å². The maximum Gasteiger partial charge on any atom is 0.0267 e. The van der Waals surface area contributed by atoms with Crippen LogP contribution in [0.4, 0.5) is 0 Å². The molecule has 0 radical (unpaired) electrons. The van der Waals surface area contributed by atoms with E-state index < -0.39 is 0 Å². The van der Waals surface area contributed by atoms with Crippen LogP contribution in [0.2, 0.25) is 0 Å². The smallest absolute Gasteiger partial charge is 0.0267 e. The number of nitrogens with zero attached hydrogens (tertiary/aromatic N) is 1. The maximum absolute atomic E-state index is 6.34. The molecule has 0 aliphatic carbocycles. The molecule has 1 saturated heterocycles. The number of unbranched alkanes of at least 4 members (excludes halogenated alkanes) is 7. The molecule has 1 fully saturated rings. The largest absolute Gasteiger partial charge is 0.324 e. The van der Waals surface area contributed by atoms with E-state index in [4.69, 9.17) is 5.73 Å². The number of hydrogen-bond acceptors (Lipinski definition) is 2. The first-order valence-corrected chi connectivity index (χ1v) is 9.62. The highest BCUT2D eigenvalue weighted by molar-refractivity contribution is 4.93. The van der Waals surface area contributed by atoms with Crippen molar-refractivity contribution in [1.82, 2.24) is 4.90 Å². The summed E-state index contributed by atoms with van der Waals surface area (Å²) in [5.74, 6) is 0. The monoisotopic (exact) mass is 296 g/mol. The fourth-order valence-corrected chi connectivity index (χ4v) is 3.63. The molecule has 0 saturated carbocycles. The van der Waals surface area contributed by atoms with Gasteiger partial charge in [-0.2, -0.15) is 0 Å². The summed E-state index contributed by atoms with van der Waals surface area (Å²) < 4.78 is 0. The minimum absolute atomic E-state index is 0.0594. The van der Waals surface area contributed by atoms with Crippen molar-refractivity contribution >= 4 is 0 Å². The van der Waals surface area contributed by atoms with Crippen molar-refractivity contribution in [1.29, 1.82) is 0 Å². The van der Waals surface area contributed by atoms with Crippen LogP contribution in [0.1, 0.15) is 97.8 Å². The van der Waals surface area contributed by atoms with Gasteiger partial charge in [0.25, 0.3) is 0 Å². The molecule has 0 bridgehead atoms. The van der Waals surface area contributed by atoms with Crippen molar-refractivity contribution in [3.63, 3.8) is 0 Å². The molecule has 0 amide bonds. The summed E-state index contributed by atoms with van der Waals surface area (Å²) in [6.07, 6.45) is 16.5. The van der Waals surface area contributed by atoms with Gasteiger partial charge in [-0.25, -0.2) is 0 Å². The van der Waals surface area contributed by atoms with Crippen molar-refractivity contribution in [2.24, 2.45) is 5.73 Å². The highest BCUT2D eigenvalue weighted by Gasteiger charge is 2.33. The van der Waals surface area contributed by atoms with Gasteiger partial charge in [-0.15, -0.1) is 0 Å². The first-order chi connectivity index (χ1) is 10.1. The predicted octanol–water partition coefficient (Wildman–Crippen LogP) is 5.11. The van der Waals surface area contributed by atoms with Gasteiger partial charge in [0.1, 0.15) is 0 Å². The zero-order valence-corrected chi connectivity index (χ0v) is 15.0. The Hall–Kier alpha value is -0.0800. The van der Waals surface area contributed by atoms with E-state index in [9.17, 15) is 0 Å². The lowest BCUT2D eigenvalue weighted by Gasteiger charge is -2.29. The molecule has 2 N–H and O–H groups in total. The average molecular weight is 297 g/mol. The van der Waals surface area contributed by atoms with Crippen LogP contribution in [-0.4, -0.2) is 29.6 Å². The molecule has 2 heteroatoms. The minimum atomic E-state index is 0.0594. The van der Waals surface area contributed by atoms with Gasteiger partial charge in [-0.3, -0.25) is 4.90 Å². The summed E-state index contributed by atoms with van der Waals surface area (Å²) in [5.41, 5.74) is 6.39. The molecule has 1 aliphatic rings. The van der Waals surface area contributed by atoms with Crippen LogP contribution in [0.25, 0.3) is 0 Å². The van der Waals surface area contributed by atoms with Crippen molar-refractivity contribution in [2.75, 3.05) is 13.1 Å². The van der Waals surface area contributed by atoms with Gasteiger partial charge in [0.2, 0.25) is 0 Å². The van der Waals surface area contributed by atoms with Crippen LogP contribution < -0.4 is 5.73 Å². The SMILES string of the molecule is CCCCCCCC(CCCCCC)N1CCC(C)(N)C1. The van der Waals surface area contributed by atoms with Crippen LogP contribution in [0.3, 0.4) is 0 Å². The summed E-state index contributed by atoms with van der Waals surface area (Å²) in [4.78, 5) is 2.70. The molecule has 2 nitrogen and oxygen atoms in total. The van der Waals surface area contributed by atoms with E-state index >= 15 is 0 Å². The predicted molar refractivity (Wildman–Crippen MR) is 94.7 cm³/mol. The zero-order valence-electron chi connectivity index (χ0n) is 15.0. The third-order valence-electron chi connectivity index (χ3n) is 5.08. The second-order valence-electron chi connectivity index (χ2n) is 7.58. The van der Waals surface area contributed by atoms with E-state index in [2.05, 4.69) is 25.7 Å². The van der Waals surface area contributed by atoms with Gasteiger partial charge in [-0.1, -0.05) is 71.6 Å². The highest BCUT2D eigenvalue weighted by Crippen LogP contribution is 2.25. The Balaban J connectivity index is 2.31. The van der Waals surface area contributed by atoms with Crippen LogP contribution in [0, 0.1) is 0 Å². The van der Waals surface area contributed by atoms with Crippen LogP contribution in [-0.2, 0) is 0 Å². The summed E-state index contributed by atoms with van der Waals surface area (Å²) >= 11 is 0. The van der Waals surface area contributed by atoms with Gasteiger partial charge in [0.15, 0.2) is 0 Å². The molecule has 1 rings (SSSR count). The van der Waals surface area contributed by atoms with E-state index in [0.717, 1.165) is 12.6 Å². The molecular weight excluding hydrogens is 256 g/mol. The summed E-state index contributed by atoms with van der Waals surface area (Å²) in [6, 6.07) is 0.800. The van der Waals surface area contributed by atoms with Crippen LogP contribution in [0.5, 0.6) is 0 Å². The van der Waals surface area contributed by atoms with E-state index in [1.165, 1.54) is 83.6 Å². The van der Waals surface area contributed by atoms with Crippen molar-refractivity contribution in [3.05, 3.63) is 0 Å². The van der Waals surface area contributed by atoms with E-state index in [-0.39, 0.29) is 5.54 Å². The molecule has 1 aliphatic heterocycles. The number of likely N-dealkylation sites (tertiary alicyclic amines) is 1. The third-order valence-corrected chi connectivity index (χ3v) is 5.08. The normalized spacial score (nSPS) is 24.6. The fraction of sp³-hybridized carbons (Fsp3) is 1.00. The van der Waals surface area contributed by atoms with Gasteiger partial charge in [0.05, 0.1) is 0 Å². The molecule has 0 spiro atoms. The molecule has 0 aromatic rings. The molecule has 126 valence electrons. The third kappa shape index (κ3) is 8.21. The Morgan fingerprint density at radius 3 is 1.90 bits per heavy atom. The summed E-state index contributed by atoms with van der Waals surface area (Å²) in [6.45, 7) is 9.15. The van der Waals surface area contributed by atoms with Crippen molar-refractivity contribution < 1.29 is 0 Å². The lowest BCUT2D eigenvalue weighted by Crippen LogP contribution is -2.42. The van der Waals surface area contributed by atoms with Gasteiger partial charge in [-0.05, 0) is 26.2 Å². The second-order valence-corrected chi connectivity index (χ2v) is 7.58. The Kier molecular flexibility index (Phi) is 9.59. The zero-order chi connectivity index (χ0) is 15.6. The van der Waals surface area contributed by atoms with Crippen LogP contribution >= 0.6 is 0 Å². The summed E-state index contributed by atoms with van der Waals surface area (Å²) in [5, 5.41) is 0. The Morgan fingerprint density at radius 2 is 1.43 bits per heavy atom. The molecule has 2 atom stereocenters. The Morgan fingerprint density at radius 1 is 0.905 bits per heavy atom. The first kappa shape index (κ1) is 19.0. The standard InChI is InChI=1S/C19H40N2/c1-4-6-8-10-12-14-18(13-11-9-7-5-2)21-16-15-19(3,20)17-21/h18H,4-17,20H2,1-3H3. The lowest BCUT2D eigenvalue weighted by molar-refractivity contribution is 0.199.